The average molecular weight is 136 g/mol. The van der Waals surface area contributed by atoms with E-state index < -0.39 is 0 Å². The molecule has 2 aliphatic rings. The van der Waals surface area contributed by atoms with E-state index in [2.05, 4.69) is 11.9 Å². The van der Waals surface area contributed by atoms with E-state index in [9.17, 15) is 0 Å². The molecule has 0 spiro atoms. The lowest BCUT2D eigenvalue weighted by Crippen LogP contribution is -2.36. The Labute approximate surface area is 62.7 Å². The van der Waals surface area contributed by atoms with Crippen LogP contribution in [0.3, 0.4) is 0 Å². The van der Waals surface area contributed by atoms with Crippen LogP contribution in [-0.2, 0) is 0 Å². The molecule has 2 unspecified atom stereocenters. The first-order chi connectivity index (χ1) is 4.77. The van der Waals surface area contributed by atoms with Gasteiger partial charge in [0.1, 0.15) is 0 Å². The van der Waals surface area contributed by atoms with Crippen LogP contribution in [0.25, 0.3) is 0 Å². The zero-order valence-electron chi connectivity index (χ0n) is 6.51. The summed E-state index contributed by atoms with van der Waals surface area (Å²) in [6, 6.07) is 1.55. The Morgan fingerprint density at radius 3 is 2.30 bits per heavy atom. The van der Waals surface area contributed by atoms with E-state index in [-0.39, 0.29) is 0 Å². The quantitative estimate of drug-likeness (QED) is 0.489. The van der Waals surface area contributed by atoms with Crippen molar-refractivity contribution in [1.29, 1.82) is 0 Å². The standard InChI is InChI=1S/C9H14N/c1-7-5-8-3-4-9(6-7)10(8)2/h1,8-9H,3-6H2,2H3. The molecule has 2 saturated heterocycles. The van der Waals surface area contributed by atoms with E-state index in [0.29, 0.717) is 0 Å². The summed E-state index contributed by atoms with van der Waals surface area (Å²) in [4.78, 5) is 2.50. The molecule has 0 aliphatic carbocycles. The van der Waals surface area contributed by atoms with Crippen molar-refractivity contribution in [2.75, 3.05) is 7.05 Å². The zero-order valence-corrected chi connectivity index (χ0v) is 6.51. The summed E-state index contributed by atoms with van der Waals surface area (Å²) in [7, 11) is 2.23. The minimum Gasteiger partial charge on any atom is -0.300 e. The van der Waals surface area contributed by atoms with Gasteiger partial charge in [-0.1, -0.05) is 12.2 Å². The van der Waals surface area contributed by atoms with Gasteiger partial charge in [0.15, 0.2) is 0 Å². The van der Waals surface area contributed by atoms with E-state index in [0.717, 1.165) is 24.9 Å². The van der Waals surface area contributed by atoms with Gasteiger partial charge < -0.3 is 0 Å². The van der Waals surface area contributed by atoms with E-state index in [4.69, 9.17) is 6.58 Å². The molecular weight excluding hydrogens is 122 g/mol. The summed E-state index contributed by atoms with van der Waals surface area (Å²) in [5.41, 5.74) is 1.23. The van der Waals surface area contributed by atoms with Gasteiger partial charge in [-0.25, -0.2) is 0 Å². The van der Waals surface area contributed by atoms with Gasteiger partial charge in [-0.2, -0.15) is 0 Å². The lowest BCUT2D eigenvalue weighted by molar-refractivity contribution is 0.209. The second kappa shape index (κ2) is 2.09. The first-order valence-electron chi connectivity index (χ1n) is 4.09. The van der Waals surface area contributed by atoms with E-state index in [1.54, 1.807) is 0 Å². The molecule has 1 radical (unpaired) electrons. The molecule has 10 heavy (non-hydrogen) atoms. The van der Waals surface area contributed by atoms with Crippen molar-refractivity contribution < 1.29 is 0 Å². The predicted molar refractivity (Wildman–Crippen MR) is 41.6 cm³/mol. The van der Waals surface area contributed by atoms with Gasteiger partial charge >= 0.3 is 0 Å². The molecule has 1 heteroatoms. The second-order valence-corrected chi connectivity index (χ2v) is 3.62. The summed E-state index contributed by atoms with van der Waals surface area (Å²) in [5, 5.41) is 0. The molecule has 0 N–H and O–H groups in total. The Kier molecular flexibility index (Phi) is 1.34. The normalized spacial score (nSPS) is 40.7. The minimum absolute atomic E-state index is 0.777. The summed E-state index contributed by atoms with van der Waals surface area (Å²) in [5.74, 6) is 0. The van der Waals surface area contributed by atoms with Crippen molar-refractivity contribution in [3.63, 3.8) is 0 Å². The Balaban J connectivity index is 2.16. The molecule has 2 aliphatic heterocycles. The molecule has 0 saturated carbocycles. The molecule has 2 heterocycles. The van der Waals surface area contributed by atoms with Gasteiger partial charge in [-0.15, -0.1) is 0 Å². The molecule has 2 fully saturated rings. The fraction of sp³-hybridized carbons (Fsp3) is 0.778. The third-order valence-electron chi connectivity index (χ3n) is 2.98. The summed E-state index contributed by atoms with van der Waals surface area (Å²) in [6.07, 6.45) is 5.02. The highest BCUT2D eigenvalue weighted by Gasteiger charge is 2.34. The van der Waals surface area contributed by atoms with Crippen molar-refractivity contribution in [1.82, 2.24) is 4.90 Å². The van der Waals surface area contributed by atoms with Crippen LogP contribution in [0.4, 0.5) is 0 Å². The number of piperidine rings is 1. The Morgan fingerprint density at radius 2 is 1.80 bits per heavy atom. The van der Waals surface area contributed by atoms with Crippen LogP contribution in [0.15, 0.2) is 5.57 Å². The second-order valence-electron chi connectivity index (χ2n) is 3.62. The highest BCUT2D eigenvalue weighted by atomic mass is 15.2. The summed E-state index contributed by atoms with van der Waals surface area (Å²) < 4.78 is 0. The SMILES string of the molecule is [CH]=C1CC2CCC(C1)N2C. The van der Waals surface area contributed by atoms with Gasteiger partial charge in [-0.05, 0) is 32.7 Å². The molecule has 2 rings (SSSR count). The number of nitrogens with zero attached hydrogens (tertiary/aromatic N) is 1. The highest BCUT2D eigenvalue weighted by molar-refractivity contribution is 5.08. The third-order valence-corrected chi connectivity index (χ3v) is 2.98. The maximum absolute atomic E-state index is 5.81. The smallest absolute Gasteiger partial charge is 0.0133 e. The number of fused-ring (bicyclic) bond motifs is 2. The van der Waals surface area contributed by atoms with Crippen LogP contribution in [0, 0.1) is 6.58 Å². The van der Waals surface area contributed by atoms with Gasteiger partial charge in [-0.3, -0.25) is 4.90 Å². The maximum Gasteiger partial charge on any atom is 0.0133 e. The lowest BCUT2D eigenvalue weighted by atomic mass is 9.99. The van der Waals surface area contributed by atoms with Crippen LogP contribution < -0.4 is 0 Å². The highest BCUT2D eigenvalue weighted by Crippen LogP contribution is 2.35. The van der Waals surface area contributed by atoms with Crippen LogP contribution in [-0.4, -0.2) is 24.0 Å². The maximum atomic E-state index is 5.81. The molecule has 55 valence electrons. The minimum atomic E-state index is 0.777. The molecule has 0 aromatic heterocycles. The van der Waals surface area contributed by atoms with Crippen molar-refractivity contribution >= 4 is 0 Å². The van der Waals surface area contributed by atoms with Crippen molar-refractivity contribution in [3.05, 3.63) is 12.2 Å². The first kappa shape index (κ1) is 6.41. The number of hydrogen-bond donors (Lipinski definition) is 0. The molecule has 0 amide bonds. The Hall–Kier alpha value is -0.300. The molecule has 2 atom stereocenters. The van der Waals surface area contributed by atoms with Gasteiger partial charge in [0.05, 0.1) is 0 Å². The van der Waals surface area contributed by atoms with Gasteiger partial charge in [0.2, 0.25) is 0 Å². The molecule has 0 aromatic carbocycles. The van der Waals surface area contributed by atoms with E-state index in [1.807, 2.05) is 0 Å². The van der Waals surface area contributed by atoms with E-state index >= 15 is 0 Å². The topological polar surface area (TPSA) is 3.24 Å². The monoisotopic (exact) mass is 136 g/mol. The van der Waals surface area contributed by atoms with Crippen LogP contribution in [0.1, 0.15) is 25.7 Å². The molecule has 1 nitrogen and oxygen atoms in total. The summed E-state index contributed by atoms with van der Waals surface area (Å²) >= 11 is 0. The van der Waals surface area contributed by atoms with Crippen molar-refractivity contribution in [2.24, 2.45) is 0 Å². The molecule has 2 bridgehead atoms. The Bertz CT molecular complexity index is 146. The largest absolute Gasteiger partial charge is 0.300 e. The number of hydrogen-bond acceptors (Lipinski definition) is 1. The van der Waals surface area contributed by atoms with Crippen molar-refractivity contribution in [2.45, 2.75) is 37.8 Å². The lowest BCUT2D eigenvalue weighted by Gasteiger charge is -2.32. The van der Waals surface area contributed by atoms with Gasteiger partial charge in [0.25, 0.3) is 0 Å². The van der Waals surface area contributed by atoms with Crippen LogP contribution in [0.5, 0.6) is 0 Å². The van der Waals surface area contributed by atoms with Crippen LogP contribution in [0.2, 0.25) is 0 Å². The summed E-state index contributed by atoms with van der Waals surface area (Å²) in [6.45, 7) is 5.81. The Morgan fingerprint density at radius 1 is 1.30 bits per heavy atom. The average Bonchev–Trinajstić information content (AvgIpc) is 2.20. The first-order valence-corrected chi connectivity index (χ1v) is 4.09. The predicted octanol–water partition coefficient (Wildman–Crippen LogP) is 1.60. The van der Waals surface area contributed by atoms with Gasteiger partial charge in [0, 0.05) is 12.1 Å². The fourth-order valence-corrected chi connectivity index (χ4v) is 2.27. The fourth-order valence-electron chi connectivity index (χ4n) is 2.27. The zero-order chi connectivity index (χ0) is 7.14. The number of rotatable bonds is 0. The van der Waals surface area contributed by atoms with Crippen LogP contribution >= 0.6 is 0 Å². The third kappa shape index (κ3) is 0.807. The van der Waals surface area contributed by atoms with Crippen molar-refractivity contribution in [3.8, 4) is 0 Å². The van der Waals surface area contributed by atoms with E-state index in [1.165, 1.54) is 18.4 Å². The molecule has 0 aromatic rings. The molecular formula is C9H14N.